The molecule has 1 atom stereocenters. The van der Waals surface area contributed by atoms with Gasteiger partial charge in [0.05, 0.1) is 11.4 Å². The molecule has 2 N–H and O–H groups in total. The van der Waals surface area contributed by atoms with E-state index in [4.69, 9.17) is 9.84 Å². The number of carbonyl (C=O) groups is 2. The highest BCUT2D eigenvalue weighted by atomic mass is 32.1. The number of amides is 1. The number of carbonyl (C=O) groups excluding carboxylic acids is 1. The van der Waals surface area contributed by atoms with Gasteiger partial charge in [-0.05, 0) is 43.7 Å². The molecule has 2 rings (SSSR count). The third-order valence-electron chi connectivity index (χ3n) is 2.92. The molecule has 0 fully saturated rings. The summed E-state index contributed by atoms with van der Waals surface area (Å²) in [6, 6.07) is 10.6. The zero-order valence-electron chi connectivity index (χ0n) is 12.3. The zero-order valence-corrected chi connectivity index (χ0v) is 13.1. The van der Waals surface area contributed by atoms with E-state index in [0.29, 0.717) is 11.4 Å². The van der Waals surface area contributed by atoms with Crippen LogP contribution in [0.2, 0.25) is 0 Å². The molecule has 0 aliphatic heterocycles. The van der Waals surface area contributed by atoms with Gasteiger partial charge in [0, 0.05) is 0 Å². The van der Waals surface area contributed by atoms with Crippen LogP contribution in [0.25, 0.3) is 0 Å². The second-order valence-corrected chi connectivity index (χ2v) is 6.01. The minimum atomic E-state index is -1.03. The summed E-state index contributed by atoms with van der Waals surface area (Å²) in [6.45, 7) is 4.18. The van der Waals surface area contributed by atoms with E-state index in [1.807, 2.05) is 38.1 Å². The highest BCUT2D eigenvalue weighted by molar-refractivity contribution is 7.15. The van der Waals surface area contributed by atoms with Crippen LogP contribution in [0.5, 0.6) is 5.75 Å². The van der Waals surface area contributed by atoms with Crippen LogP contribution in [-0.4, -0.2) is 29.6 Å². The van der Waals surface area contributed by atoms with Gasteiger partial charge in [0.1, 0.15) is 16.7 Å². The average molecular weight is 319 g/mol. The van der Waals surface area contributed by atoms with Crippen LogP contribution in [0.3, 0.4) is 0 Å². The molecule has 116 valence electrons. The van der Waals surface area contributed by atoms with Crippen molar-refractivity contribution in [2.24, 2.45) is 0 Å². The molecule has 2 aromatic rings. The van der Waals surface area contributed by atoms with Crippen molar-refractivity contribution < 1.29 is 19.4 Å². The number of nitrogens with one attached hydrogen (secondary N) is 1. The number of benzene rings is 1. The largest absolute Gasteiger partial charge is 0.489 e. The number of hydrogen-bond donors (Lipinski definition) is 2. The number of rotatable bonds is 6. The summed E-state index contributed by atoms with van der Waals surface area (Å²) in [5, 5.41) is 11.6. The first-order chi connectivity index (χ1) is 10.5. The van der Waals surface area contributed by atoms with E-state index < -0.39 is 5.97 Å². The van der Waals surface area contributed by atoms with E-state index in [0.717, 1.165) is 22.6 Å². The zero-order chi connectivity index (χ0) is 16.1. The lowest BCUT2D eigenvalue weighted by Crippen LogP contribution is -2.33. The van der Waals surface area contributed by atoms with E-state index in [1.54, 1.807) is 0 Å². The van der Waals surface area contributed by atoms with Gasteiger partial charge in [-0.25, -0.2) is 4.79 Å². The van der Waals surface area contributed by atoms with Gasteiger partial charge >= 0.3 is 5.97 Å². The maximum atomic E-state index is 11.9. The third kappa shape index (κ3) is 4.33. The van der Waals surface area contributed by atoms with Gasteiger partial charge in [0.25, 0.3) is 5.91 Å². The van der Waals surface area contributed by atoms with Crippen molar-refractivity contribution in [2.75, 3.05) is 6.54 Å². The standard InChI is InChI=1S/C16H17NO4S/c1-10-4-3-5-12(8-10)21-11(2)9-17-15(18)13-6-7-14(22-13)16(19)20/h3-8,11H,9H2,1-2H3,(H,17,18)(H,19,20). The molecule has 0 saturated heterocycles. The summed E-state index contributed by atoms with van der Waals surface area (Å²) in [4.78, 5) is 23.3. The fourth-order valence-corrected chi connectivity index (χ4v) is 2.62. The van der Waals surface area contributed by atoms with Crippen molar-refractivity contribution in [3.63, 3.8) is 0 Å². The monoisotopic (exact) mass is 319 g/mol. The highest BCUT2D eigenvalue weighted by Crippen LogP contribution is 2.17. The van der Waals surface area contributed by atoms with Crippen molar-refractivity contribution in [2.45, 2.75) is 20.0 Å². The summed E-state index contributed by atoms with van der Waals surface area (Å²) < 4.78 is 5.72. The molecule has 0 aliphatic rings. The normalized spacial score (nSPS) is 11.7. The second kappa shape index (κ2) is 7.09. The summed E-state index contributed by atoms with van der Waals surface area (Å²) in [5.74, 6) is -0.566. The minimum absolute atomic E-state index is 0.147. The fourth-order valence-electron chi connectivity index (χ4n) is 1.86. The molecular weight excluding hydrogens is 302 g/mol. The number of thiophene rings is 1. The molecular formula is C16H17NO4S. The van der Waals surface area contributed by atoms with E-state index in [2.05, 4.69) is 5.32 Å². The van der Waals surface area contributed by atoms with Crippen molar-refractivity contribution in [1.82, 2.24) is 5.32 Å². The summed E-state index contributed by atoms with van der Waals surface area (Å²) >= 11 is 0.954. The van der Waals surface area contributed by atoms with Crippen molar-refractivity contribution >= 4 is 23.2 Å². The maximum absolute atomic E-state index is 11.9. The van der Waals surface area contributed by atoms with Gasteiger partial charge in [0.2, 0.25) is 0 Å². The molecule has 0 bridgehead atoms. The van der Waals surface area contributed by atoms with Crippen LogP contribution in [0.15, 0.2) is 36.4 Å². The minimum Gasteiger partial charge on any atom is -0.489 e. The van der Waals surface area contributed by atoms with Crippen LogP contribution >= 0.6 is 11.3 Å². The lowest BCUT2D eigenvalue weighted by molar-refractivity contribution is 0.0702. The molecule has 1 heterocycles. The quantitative estimate of drug-likeness (QED) is 0.858. The molecule has 0 spiro atoms. The van der Waals surface area contributed by atoms with Crippen molar-refractivity contribution in [3.05, 3.63) is 51.7 Å². The van der Waals surface area contributed by atoms with E-state index in [-0.39, 0.29) is 16.9 Å². The Morgan fingerprint density at radius 1 is 1.27 bits per heavy atom. The Hall–Kier alpha value is -2.34. The number of hydrogen-bond acceptors (Lipinski definition) is 4. The molecule has 6 heteroatoms. The Balaban J connectivity index is 1.86. The van der Waals surface area contributed by atoms with E-state index >= 15 is 0 Å². The molecule has 0 aliphatic carbocycles. The van der Waals surface area contributed by atoms with Gasteiger partial charge in [-0.15, -0.1) is 11.3 Å². The van der Waals surface area contributed by atoms with Crippen LogP contribution in [-0.2, 0) is 0 Å². The van der Waals surface area contributed by atoms with Gasteiger partial charge in [-0.3, -0.25) is 4.79 Å². The predicted molar refractivity (Wildman–Crippen MR) is 84.9 cm³/mol. The Morgan fingerprint density at radius 2 is 2.00 bits per heavy atom. The first-order valence-electron chi connectivity index (χ1n) is 6.80. The average Bonchev–Trinajstić information content (AvgIpc) is 2.95. The number of carboxylic acid groups (broad SMARTS) is 1. The smallest absolute Gasteiger partial charge is 0.345 e. The number of aryl methyl sites for hydroxylation is 1. The maximum Gasteiger partial charge on any atom is 0.345 e. The molecule has 0 saturated carbocycles. The van der Waals surface area contributed by atoms with Crippen LogP contribution in [0.4, 0.5) is 0 Å². The molecule has 1 amide bonds. The molecule has 22 heavy (non-hydrogen) atoms. The predicted octanol–water partition coefficient (Wildman–Crippen LogP) is 2.95. The number of ether oxygens (including phenoxy) is 1. The lowest BCUT2D eigenvalue weighted by atomic mass is 10.2. The topological polar surface area (TPSA) is 75.6 Å². The van der Waals surface area contributed by atoms with Gasteiger partial charge in [-0.2, -0.15) is 0 Å². The highest BCUT2D eigenvalue weighted by Gasteiger charge is 2.14. The van der Waals surface area contributed by atoms with Crippen LogP contribution in [0, 0.1) is 6.92 Å². The Kier molecular flexibility index (Phi) is 5.16. The van der Waals surface area contributed by atoms with Crippen molar-refractivity contribution in [3.8, 4) is 5.75 Å². The first-order valence-corrected chi connectivity index (χ1v) is 7.62. The molecule has 1 unspecified atom stereocenters. The van der Waals surface area contributed by atoms with E-state index in [9.17, 15) is 9.59 Å². The summed E-state index contributed by atoms with van der Waals surface area (Å²) in [6.07, 6.45) is -0.190. The van der Waals surface area contributed by atoms with Gasteiger partial charge in [-0.1, -0.05) is 12.1 Å². The molecule has 5 nitrogen and oxygen atoms in total. The second-order valence-electron chi connectivity index (χ2n) is 4.92. The van der Waals surface area contributed by atoms with Crippen LogP contribution in [0.1, 0.15) is 31.8 Å². The first kappa shape index (κ1) is 16.0. The molecule has 1 aromatic carbocycles. The van der Waals surface area contributed by atoms with Gasteiger partial charge in [0.15, 0.2) is 0 Å². The van der Waals surface area contributed by atoms with Crippen LogP contribution < -0.4 is 10.1 Å². The van der Waals surface area contributed by atoms with Crippen molar-refractivity contribution in [1.29, 1.82) is 0 Å². The number of aromatic carboxylic acids is 1. The Bertz CT molecular complexity index is 680. The van der Waals surface area contributed by atoms with Gasteiger partial charge < -0.3 is 15.2 Å². The lowest BCUT2D eigenvalue weighted by Gasteiger charge is -2.15. The Labute approximate surface area is 132 Å². The summed E-state index contributed by atoms with van der Waals surface area (Å²) in [7, 11) is 0. The van der Waals surface area contributed by atoms with E-state index in [1.165, 1.54) is 12.1 Å². The third-order valence-corrected chi connectivity index (χ3v) is 3.99. The Morgan fingerprint density at radius 3 is 2.64 bits per heavy atom. The molecule has 1 aromatic heterocycles. The summed E-state index contributed by atoms with van der Waals surface area (Å²) in [5.41, 5.74) is 1.11. The number of carboxylic acids is 1. The molecule has 0 radical (unpaired) electrons. The fraction of sp³-hybridized carbons (Fsp3) is 0.250. The SMILES string of the molecule is Cc1cccc(OC(C)CNC(=O)c2ccc(C(=O)O)s2)c1.